The SMILES string of the molecule is CCCCc1ccccc1N(CCCSc1ccccc1)c1ccc2c(-c3ccccc3S(=O)(=O)O)c3ccc(=[N+](CCCSc4ccccc4)c4ccccc4CCCC)cc-3oc2c1. The molecule has 8 rings (SSSR count). The van der Waals surface area contributed by atoms with Crippen molar-refractivity contribution in [3.63, 3.8) is 0 Å². The van der Waals surface area contributed by atoms with E-state index in [1.54, 1.807) is 12.1 Å². The van der Waals surface area contributed by atoms with Crippen molar-refractivity contribution in [3.05, 3.63) is 186 Å². The summed E-state index contributed by atoms with van der Waals surface area (Å²) >= 11 is 3.74. The molecule has 6 aromatic rings. The number of fused-ring (bicyclic) bond motifs is 2. The molecule has 0 fully saturated rings. The third kappa shape index (κ3) is 11.5. The van der Waals surface area contributed by atoms with Crippen molar-refractivity contribution >= 4 is 61.7 Å². The van der Waals surface area contributed by atoms with Crippen LogP contribution < -0.4 is 14.8 Å². The Labute approximate surface area is 399 Å². The van der Waals surface area contributed by atoms with E-state index in [1.807, 2.05) is 29.6 Å². The van der Waals surface area contributed by atoms with Gasteiger partial charge in [0, 0.05) is 85.7 Å². The Morgan fingerprint density at radius 1 is 0.606 bits per heavy atom. The average molecular weight is 932 g/mol. The summed E-state index contributed by atoms with van der Waals surface area (Å²) < 4.78 is 46.2. The number of hydrogen-bond donors (Lipinski definition) is 1. The number of aryl methyl sites for hydroxylation is 2. The molecule has 2 aliphatic rings. The van der Waals surface area contributed by atoms with Crippen molar-refractivity contribution in [2.24, 2.45) is 0 Å². The molecule has 1 heterocycles. The van der Waals surface area contributed by atoms with Crippen LogP contribution in [-0.2, 0) is 23.0 Å². The summed E-state index contributed by atoms with van der Waals surface area (Å²) in [6, 6.07) is 57.8. The summed E-state index contributed by atoms with van der Waals surface area (Å²) in [4.78, 5) is 4.79. The van der Waals surface area contributed by atoms with Crippen molar-refractivity contribution in [2.45, 2.75) is 79.9 Å². The Bertz CT molecular complexity index is 3010. The van der Waals surface area contributed by atoms with Crippen LogP contribution in [0.4, 0.5) is 17.1 Å². The van der Waals surface area contributed by atoms with Crippen molar-refractivity contribution in [1.82, 2.24) is 4.58 Å². The van der Waals surface area contributed by atoms with Gasteiger partial charge >= 0.3 is 0 Å². The third-order valence-corrected chi connectivity index (χ3v) is 15.1. The molecule has 1 N–H and O–H groups in total. The molecule has 0 atom stereocenters. The van der Waals surface area contributed by atoms with Gasteiger partial charge in [0.05, 0.1) is 6.07 Å². The van der Waals surface area contributed by atoms with Gasteiger partial charge in [0.2, 0.25) is 11.0 Å². The Hall–Kier alpha value is -5.58. The zero-order valence-electron chi connectivity index (χ0n) is 37.9. The molecule has 0 aromatic heterocycles. The number of nitrogens with zero attached hydrogens (tertiary/aromatic N) is 2. The van der Waals surface area contributed by atoms with Crippen LogP contribution in [0.2, 0.25) is 0 Å². The summed E-state index contributed by atoms with van der Waals surface area (Å²) in [7, 11) is -4.58. The normalized spacial score (nSPS) is 12.2. The fourth-order valence-electron chi connectivity index (χ4n) is 8.73. The van der Waals surface area contributed by atoms with E-state index in [9.17, 15) is 13.0 Å². The number of anilines is 2. The zero-order valence-corrected chi connectivity index (χ0v) is 40.4. The Morgan fingerprint density at radius 2 is 1.23 bits per heavy atom. The number of para-hydroxylation sites is 2. The first kappa shape index (κ1) is 46.9. The minimum Gasteiger partial charge on any atom is -0.456 e. The van der Waals surface area contributed by atoms with Crippen LogP contribution in [0.5, 0.6) is 0 Å². The number of hydrogen-bond acceptors (Lipinski definition) is 6. The first-order valence-corrected chi connectivity index (χ1v) is 26.7. The summed E-state index contributed by atoms with van der Waals surface area (Å²) in [5.74, 6) is 2.55. The van der Waals surface area contributed by atoms with E-state index in [-0.39, 0.29) is 4.90 Å². The molecule has 6 aromatic carbocycles. The van der Waals surface area contributed by atoms with Crippen LogP contribution in [0.3, 0.4) is 0 Å². The van der Waals surface area contributed by atoms with Gasteiger partial charge in [-0.05, 0) is 98.0 Å². The van der Waals surface area contributed by atoms with Crippen molar-refractivity contribution in [2.75, 3.05) is 29.5 Å². The monoisotopic (exact) mass is 931 g/mol. The molecule has 0 saturated heterocycles. The van der Waals surface area contributed by atoms with Gasteiger partial charge in [-0.15, -0.1) is 23.5 Å². The van der Waals surface area contributed by atoms with E-state index in [0.717, 1.165) is 98.0 Å². The number of unbranched alkanes of at least 4 members (excludes halogenated alkanes) is 2. The maximum absolute atomic E-state index is 13.1. The highest BCUT2D eigenvalue weighted by Gasteiger charge is 2.26. The van der Waals surface area contributed by atoms with Gasteiger partial charge in [-0.2, -0.15) is 13.0 Å². The maximum atomic E-state index is 13.1. The lowest BCUT2D eigenvalue weighted by atomic mass is 9.93. The molecular weight excluding hydrogens is 873 g/mol. The lowest BCUT2D eigenvalue weighted by Crippen LogP contribution is -2.28. The first-order valence-electron chi connectivity index (χ1n) is 23.3. The molecular formula is C57H59N2O4S3+. The summed E-state index contributed by atoms with van der Waals surface area (Å²) in [5.41, 5.74) is 8.46. The summed E-state index contributed by atoms with van der Waals surface area (Å²) in [6.45, 7) is 6.05. The predicted molar refractivity (Wildman–Crippen MR) is 279 cm³/mol. The molecule has 0 saturated carbocycles. The fraction of sp³-hybridized carbons (Fsp3) is 0.246. The van der Waals surface area contributed by atoms with Gasteiger partial charge in [0.1, 0.15) is 22.8 Å². The van der Waals surface area contributed by atoms with Crippen LogP contribution in [0.15, 0.2) is 189 Å². The Kier molecular flexibility index (Phi) is 16.2. The number of benzene rings is 7. The minimum atomic E-state index is -4.58. The highest BCUT2D eigenvalue weighted by Crippen LogP contribution is 2.44. The second kappa shape index (κ2) is 22.7. The minimum absolute atomic E-state index is 0.142. The smallest absolute Gasteiger partial charge is 0.295 e. The number of rotatable bonds is 21. The lowest BCUT2D eigenvalue weighted by Gasteiger charge is -2.28. The molecule has 338 valence electrons. The molecule has 0 radical (unpaired) electrons. The topological polar surface area (TPSA) is 73.8 Å². The summed E-state index contributed by atoms with van der Waals surface area (Å²) in [5, 5.41) is 1.75. The fourth-order valence-corrected chi connectivity index (χ4v) is 11.1. The van der Waals surface area contributed by atoms with Crippen LogP contribution >= 0.6 is 23.5 Å². The van der Waals surface area contributed by atoms with Gasteiger partial charge in [-0.25, -0.2) is 0 Å². The Morgan fingerprint density at radius 3 is 1.94 bits per heavy atom. The van der Waals surface area contributed by atoms with E-state index < -0.39 is 10.1 Å². The first-order chi connectivity index (χ1) is 32.3. The second-order valence-electron chi connectivity index (χ2n) is 16.6. The quantitative estimate of drug-likeness (QED) is 0.0253. The van der Waals surface area contributed by atoms with Crippen LogP contribution in [0.1, 0.15) is 63.5 Å². The van der Waals surface area contributed by atoms with Gasteiger partial charge < -0.3 is 9.32 Å². The molecule has 1 aliphatic carbocycles. The van der Waals surface area contributed by atoms with Gasteiger partial charge in [0.25, 0.3) is 10.1 Å². The highest BCUT2D eigenvalue weighted by molar-refractivity contribution is 7.99. The third-order valence-electron chi connectivity index (χ3n) is 12.0. The van der Waals surface area contributed by atoms with Gasteiger partial charge in [-0.1, -0.05) is 118 Å². The molecule has 66 heavy (non-hydrogen) atoms. The molecule has 9 heteroatoms. The van der Waals surface area contributed by atoms with Gasteiger partial charge in [-0.3, -0.25) is 4.55 Å². The van der Waals surface area contributed by atoms with Crippen molar-refractivity contribution < 1.29 is 17.4 Å². The maximum Gasteiger partial charge on any atom is 0.295 e. The van der Waals surface area contributed by atoms with E-state index in [0.29, 0.717) is 22.5 Å². The van der Waals surface area contributed by atoms with Crippen LogP contribution in [0.25, 0.3) is 33.4 Å². The van der Waals surface area contributed by atoms with Crippen molar-refractivity contribution in [1.29, 1.82) is 0 Å². The molecule has 0 bridgehead atoms. The predicted octanol–water partition coefficient (Wildman–Crippen LogP) is 14.7. The molecule has 0 unspecified atom stereocenters. The average Bonchev–Trinajstić information content (AvgIpc) is 3.35. The van der Waals surface area contributed by atoms with E-state index in [4.69, 9.17) is 4.42 Å². The van der Waals surface area contributed by atoms with E-state index in [2.05, 4.69) is 169 Å². The highest BCUT2D eigenvalue weighted by atomic mass is 32.2. The largest absolute Gasteiger partial charge is 0.456 e. The molecule has 0 spiro atoms. The number of thioether (sulfide) groups is 2. The van der Waals surface area contributed by atoms with Crippen LogP contribution in [0, 0.1) is 0 Å². The molecule has 0 amide bonds. The van der Waals surface area contributed by atoms with E-state index in [1.165, 1.54) is 38.4 Å². The Balaban J connectivity index is 1.30. The van der Waals surface area contributed by atoms with E-state index >= 15 is 0 Å². The standard InChI is InChI=1S/C57H58N2O4S3/c1-3-5-21-43-23-13-16-30-52(43)58(37-19-39-64-47-25-9-7-10-26-47)45-33-35-49-54(41-45)63-55-42-46(34-36-50(55)57(49)51-29-15-18-32-56(51)66(60,61)62)59(38-20-40-65-48-27-11-8-12-28-48)53-31-17-14-24-44(53)22-6-4-2/h7-18,23-36,41-42H,3-6,19-22,37-40H2,1-2H3/p+1. The molecule has 1 aliphatic heterocycles. The second-order valence-corrected chi connectivity index (χ2v) is 20.3. The van der Waals surface area contributed by atoms with Crippen LogP contribution in [-0.4, -0.2) is 37.6 Å². The zero-order chi connectivity index (χ0) is 45.7. The van der Waals surface area contributed by atoms with Crippen molar-refractivity contribution in [3.8, 4) is 22.5 Å². The molecule has 6 nitrogen and oxygen atoms in total. The van der Waals surface area contributed by atoms with Gasteiger partial charge in [0.15, 0.2) is 0 Å². The lowest BCUT2D eigenvalue weighted by molar-refractivity contribution is 0.483. The summed E-state index contributed by atoms with van der Waals surface area (Å²) in [6.07, 6.45) is 8.26.